The van der Waals surface area contributed by atoms with Gasteiger partial charge < -0.3 is 0 Å². The highest BCUT2D eigenvalue weighted by Gasteiger charge is 2.13. The summed E-state index contributed by atoms with van der Waals surface area (Å²) in [5.41, 5.74) is 1.16. The minimum Gasteiger partial charge on any atom is -0.224 e. The molecular formula is C13H19BrO2S. The first-order valence-corrected chi connectivity index (χ1v) is 8.39. The van der Waals surface area contributed by atoms with Crippen molar-refractivity contribution in [2.45, 2.75) is 36.9 Å². The van der Waals surface area contributed by atoms with Crippen molar-refractivity contribution in [3.05, 3.63) is 29.8 Å². The van der Waals surface area contributed by atoms with Gasteiger partial charge in [0.2, 0.25) is 0 Å². The molecule has 0 fully saturated rings. The summed E-state index contributed by atoms with van der Waals surface area (Å²) in [5.74, 6) is 0.716. The summed E-state index contributed by atoms with van der Waals surface area (Å²) in [6, 6.07) is 7.21. The first-order chi connectivity index (χ1) is 7.86. The molecule has 0 heterocycles. The lowest BCUT2D eigenvalue weighted by atomic mass is 10.0. The quantitative estimate of drug-likeness (QED) is 0.779. The molecule has 0 aliphatic rings. The standard InChI is InChI=1S/C13H19BrO2S/c1-4-17(15,16)12-7-5-11(6-8-12)9-13(14)10(2)3/h5-8,10,13H,4,9H2,1-3H3. The van der Waals surface area contributed by atoms with E-state index in [4.69, 9.17) is 0 Å². The van der Waals surface area contributed by atoms with Gasteiger partial charge in [-0.25, -0.2) is 8.42 Å². The van der Waals surface area contributed by atoms with Gasteiger partial charge in [-0.1, -0.05) is 48.8 Å². The Morgan fingerprint density at radius 2 is 1.71 bits per heavy atom. The van der Waals surface area contributed by atoms with Gasteiger partial charge in [-0.2, -0.15) is 0 Å². The van der Waals surface area contributed by atoms with Crippen LogP contribution in [0.3, 0.4) is 0 Å². The molecule has 0 aliphatic heterocycles. The molecule has 0 bridgehead atoms. The van der Waals surface area contributed by atoms with Crippen LogP contribution < -0.4 is 0 Å². The monoisotopic (exact) mass is 318 g/mol. The molecule has 1 unspecified atom stereocenters. The van der Waals surface area contributed by atoms with Crippen molar-refractivity contribution in [3.63, 3.8) is 0 Å². The number of rotatable bonds is 5. The number of benzene rings is 1. The first-order valence-electron chi connectivity index (χ1n) is 5.82. The molecule has 0 radical (unpaired) electrons. The fourth-order valence-corrected chi connectivity index (χ4v) is 2.72. The first kappa shape index (κ1) is 14.7. The Labute approximate surface area is 112 Å². The van der Waals surface area contributed by atoms with Crippen LogP contribution in [0.1, 0.15) is 26.3 Å². The van der Waals surface area contributed by atoms with Crippen LogP contribution in [0.2, 0.25) is 0 Å². The lowest BCUT2D eigenvalue weighted by Crippen LogP contribution is -2.10. The van der Waals surface area contributed by atoms with Crippen LogP contribution in [0.25, 0.3) is 0 Å². The van der Waals surface area contributed by atoms with Crippen LogP contribution in [-0.4, -0.2) is 19.0 Å². The Hall–Kier alpha value is -0.350. The van der Waals surface area contributed by atoms with Crippen molar-refractivity contribution in [2.24, 2.45) is 5.92 Å². The summed E-state index contributed by atoms with van der Waals surface area (Å²) < 4.78 is 23.3. The van der Waals surface area contributed by atoms with Gasteiger partial charge in [0.05, 0.1) is 10.6 Å². The summed E-state index contributed by atoms with van der Waals surface area (Å²) >= 11 is 3.63. The second-order valence-corrected chi connectivity index (χ2v) is 7.97. The summed E-state index contributed by atoms with van der Waals surface area (Å²) in [6.07, 6.45) is 0.921. The average molecular weight is 319 g/mol. The number of halogens is 1. The third kappa shape index (κ3) is 4.11. The lowest BCUT2D eigenvalue weighted by Gasteiger charge is -2.13. The van der Waals surface area contributed by atoms with Gasteiger partial charge in [-0.3, -0.25) is 0 Å². The molecule has 1 atom stereocenters. The van der Waals surface area contributed by atoms with Crippen molar-refractivity contribution >= 4 is 25.8 Å². The van der Waals surface area contributed by atoms with E-state index >= 15 is 0 Å². The molecule has 0 amide bonds. The Morgan fingerprint density at radius 3 is 2.12 bits per heavy atom. The van der Waals surface area contributed by atoms with Crippen molar-refractivity contribution in [3.8, 4) is 0 Å². The van der Waals surface area contributed by atoms with E-state index in [9.17, 15) is 8.42 Å². The maximum absolute atomic E-state index is 11.6. The highest BCUT2D eigenvalue weighted by atomic mass is 79.9. The van der Waals surface area contributed by atoms with Gasteiger partial charge in [-0.15, -0.1) is 0 Å². The van der Waals surface area contributed by atoms with Crippen LogP contribution in [0.15, 0.2) is 29.2 Å². The maximum atomic E-state index is 11.6. The van der Waals surface area contributed by atoms with E-state index in [0.29, 0.717) is 15.6 Å². The molecule has 96 valence electrons. The smallest absolute Gasteiger partial charge is 0.178 e. The number of alkyl halides is 1. The predicted octanol–water partition coefficient (Wildman–Crippen LogP) is 3.44. The van der Waals surface area contributed by atoms with E-state index in [2.05, 4.69) is 29.8 Å². The second-order valence-electron chi connectivity index (χ2n) is 4.51. The molecule has 0 spiro atoms. The summed E-state index contributed by atoms with van der Waals surface area (Å²) in [7, 11) is -3.07. The summed E-state index contributed by atoms with van der Waals surface area (Å²) in [6.45, 7) is 5.99. The Morgan fingerprint density at radius 1 is 1.18 bits per heavy atom. The zero-order chi connectivity index (χ0) is 13.1. The highest BCUT2D eigenvalue weighted by Crippen LogP contribution is 2.19. The Balaban J connectivity index is 2.82. The molecule has 1 aromatic carbocycles. The average Bonchev–Trinajstić information content (AvgIpc) is 2.29. The van der Waals surface area contributed by atoms with E-state index in [0.717, 1.165) is 12.0 Å². The van der Waals surface area contributed by atoms with Crippen LogP contribution in [0, 0.1) is 5.92 Å². The van der Waals surface area contributed by atoms with E-state index in [1.54, 1.807) is 19.1 Å². The zero-order valence-corrected chi connectivity index (χ0v) is 12.9. The van der Waals surface area contributed by atoms with E-state index in [1.165, 1.54) is 0 Å². The molecule has 0 saturated heterocycles. The van der Waals surface area contributed by atoms with E-state index in [-0.39, 0.29) is 5.75 Å². The highest BCUT2D eigenvalue weighted by molar-refractivity contribution is 9.09. The molecular weight excluding hydrogens is 300 g/mol. The van der Waals surface area contributed by atoms with Crippen molar-refractivity contribution in [1.29, 1.82) is 0 Å². The second kappa shape index (κ2) is 6.01. The van der Waals surface area contributed by atoms with Crippen molar-refractivity contribution in [2.75, 3.05) is 5.75 Å². The van der Waals surface area contributed by atoms with E-state index in [1.807, 2.05) is 12.1 Å². The minimum absolute atomic E-state index is 0.152. The van der Waals surface area contributed by atoms with Crippen LogP contribution >= 0.6 is 15.9 Å². The normalized spacial score (nSPS) is 13.9. The summed E-state index contributed by atoms with van der Waals surface area (Å²) in [5, 5.41) is 0. The van der Waals surface area contributed by atoms with Crippen LogP contribution in [0.5, 0.6) is 0 Å². The summed E-state index contributed by atoms with van der Waals surface area (Å²) in [4.78, 5) is 0.843. The van der Waals surface area contributed by atoms with Gasteiger partial charge in [-0.05, 0) is 30.0 Å². The van der Waals surface area contributed by atoms with Gasteiger partial charge in [0.15, 0.2) is 9.84 Å². The molecule has 0 aromatic heterocycles. The van der Waals surface area contributed by atoms with Gasteiger partial charge >= 0.3 is 0 Å². The fraction of sp³-hybridized carbons (Fsp3) is 0.538. The molecule has 0 N–H and O–H groups in total. The third-order valence-electron chi connectivity index (χ3n) is 2.82. The molecule has 0 saturated carbocycles. The molecule has 1 rings (SSSR count). The molecule has 0 aliphatic carbocycles. The predicted molar refractivity (Wildman–Crippen MR) is 75.4 cm³/mol. The minimum atomic E-state index is -3.07. The molecule has 1 aromatic rings. The van der Waals surface area contributed by atoms with Gasteiger partial charge in [0, 0.05) is 4.83 Å². The number of sulfone groups is 1. The SMILES string of the molecule is CCS(=O)(=O)c1ccc(CC(Br)C(C)C)cc1. The topological polar surface area (TPSA) is 34.1 Å². The van der Waals surface area contributed by atoms with Gasteiger partial charge in [0.1, 0.15) is 0 Å². The zero-order valence-electron chi connectivity index (χ0n) is 10.5. The number of hydrogen-bond acceptors (Lipinski definition) is 2. The van der Waals surface area contributed by atoms with Crippen molar-refractivity contribution in [1.82, 2.24) is 0 Å². The van der Waals surface area contributed by atoms with Crippen molar-refractivity contribution < 1.29 is 8.42 Å². The molecule has 4 heteroatoms. The third-order valence-corrected chi connectivity index (χ3v) is 5.95. The van der Waals surface area contributed by atoms with Crippen LogP contribution in [-0.2, 0) is 16.3 Å². The maximum Gasteiger partial charge on any atom is 0.178 e. The molecule has 2 nitrogen and oxygen atoms in total. The lowest BCUT2D eigenvalue weighted by molar-refractivity contribution is 0.597. The van der Waals surface area contributed by atoms with Gasteiger partial charge in [0.25, 0.3) is 0 Å². The Bertz CT molecular complexity index is 449. The largest absolute Gasteiger partial charge is 0.224 e. The Kier molecular flexibility index (Phi) is 5.20. The fourth-order valence-electron chi connectivity index (χ4n) is 1.46. The van der Waals surface area contributed by atoms with Crippen LogP contribution in [0.4, 0.5) is 0 Å². The molecule has 17 heavy (non-hydrogen) atoms. The number of hydrogen-bond donors (Lipinski definition) is 0. The van der Waals surface area contributed by atoms with E-state index < -0.39 is 9.84 Å².